The van der Waals surface area contributed by atoms with Crippen molar-refractivity contribution >= 4 is 40.9 Å². The van der Waals surface area contributed by atoms with E-state index in [4.69, 9.17) is 16.3 Å². The molecule has 2 aromatic rings. The number of methoxy groups -OCH3 is 1. The molecule has 0 fully saturated rings. The van der Waals surface area contributed by atoms with Crippen molar-refractivity contribution in [1.29, 1.82) is 0 Å². The molecule has 126 valence electrons. The van der Waals surface area contributed by atoms with Crippen LogP contribution in [0.5, 0.6) is 0 Å². The molecular formula is C18H18ClNO3S. The average Bonchev–Trinajstić information content (AvgIpc) is 2.56. The number of hydrogen-bond acceptors (Lipinski definition) is 4. The number of esters is 1. The van der Waals surface area contributed by atoms with Gasteiger partial charge in [-0.1, -0.05) is 29.8 Å². The maximum absolute atomic E-state index is 12.1. The van der Waals surface area contributed by atoms with Gasteiger partial charge in [-0.15, -0.1) is 11.8 Å². The molecule has 0 heterocycles. The van der Waals surface area contributed by atoms with E-state index in [2.05, 4.69) is 5.32 Å². The van der Waals surface area contributed by atoms with E-state index < -0.39 is 5.97 Å². The van der Waals surface area contributed by atoms with Crippen molar-refractivity contribution in [1.82, 2.24) is 0 Å². The zero-order valence-electron chi connectivity index (χ0n) is 13.5. The zero-order valence-corrected chi connectivity index (χ0v) is 15.0. The molecule has 2 rings (SSSR count). The monoisotopic (exact) mass is 363 g/mol. The molecule has 0 saturated heterocycles. The second kappa shape index (κ2) is 8.76. The number of anilines is 1. The Morgan fingerprint density at radius 2 is 1.96 bits per heavy atom. The smallest absolute Gasteiger partial charge is 0.338 e. The number of thioether (sulfide) groups is 1. The fraction of sp³-hybridized carbons (Fsp3) is 0.222. The first-order chi connectivity index (χ1) is 11.5. The second-order valence-corrected chi connectivity index (χ2v) is 6.56. The Bertz CT molecular complexity index is 749. The highest BCUT2D eigenvalue weighted by molar-refractivity contribution is 7.99. The number of ether oxygens (including phenoxy) is 1. The van der Waals surface area contributed by atoms with E-state index in [1.807, 2.05) is 24.3 Å². The Hall–Kier alpha value is -1.98. The van der Waals surface area contributed by atoms with Crippen LogP contribution in [0.15, 0.2) is 42.5 Å². The summed E-state index contributed by atoms with van der Waals surface area (Å²) in [4.78, 5) is 23.8. The van der Waals surface area contributed by atoms with E-state index in [1.165, 1.54) is 18.9 Å². The van der Waals surface area contributed by atoms with Gasteiger partial charge in [0.05, 0.1) is 18.4 Å². The van der Waals surface area contributed by atoms with Crippen molar-refractivity contribution in [2.75, 3.05) is 18.2 Å². The summed E-state index contributed by atoms with van der Waals surface area (Å²) in [6, 6.07) is 12.7. The van der Waals surface area contributed by atoms with Crippen molar-refractivity contribution in [3.8, 4) is 0 Å². The summed E-state index contributed by atoms with van der Waals surface area (Å²) in [5.74, 6) is 0.481. The van der Waals surface area contributed by atoms with Crippen LogP contribution in [0.25, 0.3) is 0 Å². The van der Waals surface area contributed by atoms with Gasteiger partial charge in [0.1, 0.15) is 0 Å². The van der Waals surface area contributed by atoms with Gasteiger partial charge >= 0.3 is 5.97 Å². The van der Waals surface area contributed by atoms with E-state index in [-0.39, 0.29) is 5.91 Å². The second-order valence-electron chi connectivity index (χ2n) is 5.14. The topological polar surface area (TPSA) is 55.4 Å². The molecule has 0 aliphatic rings. The average molecular weight is 364 g/mol. The van der Waals surface area contributed by atoms with Crippen LogP contribution < -0.4 is 5.32 Å². The maximum atomic E-state index is 12.1. The molecule has 24 heavy (non-hydrogen) atoms. The van der Waals surface area contributed by atoms with Crippen LogP contribution in [0.1, 0.15) is 21.5 Å². The normalized spacial score (nSPS) is 10.3. The van der Waals surface area contributed by atoms with Gasteiger partial charge in [-0.25, -0.2) is 4.79 Å². The van der Waals surface area contributed by atoms with Gasteiger partial charge in [-0.05, 0) is 42.3 Å². The first-order valence-electron chi connectivity index (χ1n) is 7.31. The lowest BCUT2D eigenvalue weighted by Gasteiger charge is -2.11. The molecule has 4 nitrogen and oxygen atoms in total. The summed E-state index contributed by atoms with van der Waals surface area (Å²) in [6.07, 6.45) is 0. The highest BCUT2D eigenvalue weighted by Gasteiger charge is 2.13. The molecule has 0 bridgehead atoms. The minimum absolute atomic E-state index is 0.118. The van der Waals surface area contributed by atoms with Gasteiger partial charge in [-0.2, -0.15) is 0 Å². The zero-order chi connectivity index (χ0) is 17.5. The Morgan fingerprint density at radius 3 is 2.67 bits per heavy atom. The van der Waals surface area contributed by atoms with Crippen molar-refractivity contribution in [2.24, 2.45) is 0 Å². The standard InChI is InChI=1S/C18H18ClNO3S/c1-12-15(18(22)23-2)7-4-8-16(12)20-17(21)11-24-10-13-5-3-6-14(19)9-13/h3-9H,10-11H2,1-2H3,(H,20,21). The van der Waals surface area contributed by atoms with Crippen molar-refractivity contribution < 1.29 is 14.3 Å². The Labute approximate surface area is 150 Å². The fourth-order valence-corrected chi connectivity index (χ4v) is 3.16. The predicted octanol–water partition coefficient (Wildman–Crippen LogP) is 4.31. The lowest BCUT2D eigenvalue weighted by Crippen LogP contribution is -2.16. The van der Waals surface area contributed by atoms with Crippen LogP contribution in [0.3, 0.4) is 0 Å². The van der Waals surface area contributed by atoms with E-state index >= 15 is 0 Å². The van der Waals surface area contributed by atoms with Gasteiger partial charge < -0.3 is 10.1 Å². The third-order valence-electron chi connectivity index (χ3n) is 3.40. The lowest BCUT2D eigenvalue weighted by molar-refractivity contribution is -0.113. The number of halogens is 1. The SMILES string of the molecule is COC(=O)c1cccc(NC(=O)CSCc2cccc(Cl)c2)c1C. The summed E-state index contributed by atoms with van der Waals surface area (Å²) in [7, 11) is 1.33. The minimum atomic E-state index is -0.418. The first-order valence-corrected chi connectivity index (χ1v) is 8.84. The molecule has 0 aliphatic heterocycles. The molecule has 6 heteroatoms. The van der Waals surface area contributed by atoms with Crippen LogP contribution in [0.4, 0.5) is 5.69 Å². The largest absolute Gasteiger partial charge is 0.465 e. The molecule has 0 radical (unpaired) electrons. The molecule has 0 aromatic heterocycles. The van der Waals surface area contributed by atoms with E-state index in [9.17, 15) is 9.59 Å². The highest BCUT2D eigenvalue weighted by Crippen LogP contribution is 2.21. The summed E-state index contributed by atoms with van der Waals surface area (Å²) < 4.78 is 4.73. The van der Waals surface area contributed by atoms with Gasteiger partial charge in [0.2, 0.25) is 5.91 Å². The molecule has 2 aromatic carbocycles. The summed E-state index contributed by atoms with van der Waals surface area (Å²) in [5, 5.41) is 3.52. The van der Waals surface area contributed by atoms with Crippen LogP contribution in [0, 0.1) is 6.92 Å². The van der Waals surface area contributed by atoms with Gasteiger partial charge in [0.25, 0.3) is 0 Å². The molecule has 0 unspecified atom stereocenters. The quantitative estimate of drug-likeness (QED) is 0.777. The summed E-state index contributed by atoms with van der Waals surface area (Å²) in [5.41, 5.74) is 2.83. The first kappa shape index (κ1) is 18.4. The summed E-state index contributed by atoms with van der Waals surface area (Å²) in [6.45, 7) is 1.78. The third kappa shape index (κ3) is 5.01. The minimum Gasteiger partial charge on any atom is -0.465 e. The van der Waals surface area contributed by atoms with Crippen LogP contribution in [0.2, 0.25) is 5.02 Å². The number of amides is 1. The molecule has 0 spiro atoms. The summed E-state index contributed by atoms with van der Waals surface area (Å²) >= 11 is 7.44. The Balaban J connectivity index is 1.92. The van der Waals surface area contributed by atoms with Crippen molar-refractivity contribution in [2.45, 2.75) is 12.7 Å². The molecule has 0 atom stereocenters. The van der Waals surface area contributed by atoms with E-state index in [0.29, 0.717) is 33.3 Å². The highest BCUT2D eigenvalue weighted by atomic mass is 35.5. The molecule has 0 aliphatic carbocycles. The van der Waals surface area contributed by atoms with E-state index in [0.717, 1.165) is 5.56 Å². The van der Waals surface area contributed by atoms with Crippen LogP contribution >= 0.6 is 23.4 Å². The predicted molar refractivity (Wildman–Crippen MR) is 98.8 cm³/mol. The maximum Gasteiger partial charge on any atom is 0.338 e. The van der Waals surface area contributed by atoms with Gasteiger partial charge in [-0.3, -0.25) is 4.79 Å². The molecule has 0 saturated carbocycles. The van der Waals surface area contributed by atoms with Crippen LogP contribution in [-0.2, 0) is 15.3 Å². The number of hydrogen-bond donors (Lipinski definition) is 1. The number of nitrogens with one attached hydrogen (secondary N) is 1. The fourth-order valence-electron chi connectivity index (χ4n) is 2.18. The molecule has 1 amide bonds. The number of carbonyl (C=O) groups is 2. The number of carbonyl (C=O) groups excluding carboxylic acids is 2. The number of rotatable bonds is 6. The van der Waals surface area contributed by atoms with Gasteiger partial charge in [0, 0.05) is 16.5 Å². The number of benzene rings is 2. The Kier molecular flexibility index (Phi) is 6.70. The van der Waals surface area contributed by atoms with Crippen molar-refractivity contribution in [3.63, 3.8) is 0 Å². The molecular weight excluding hydrogens is 346 g/mol. The lowest BCUT2D eigenvalue weighted by atomic mass is 10.1. The van der Waals surface area contributed by atoms with Crippen molar-refractivity contribution in [3.05, 3.63) is 64.2 Å². The third-order valence-corrected chi connectivity index (χ3v) is 4.64. The molecule has 1 N–H and O–H groups in total. The van der Waals surface area contributed by atoms with Crippen LogP contribution in [-0.4, -0.2) is 24.7 Å². The van der Waals surface area contributed by atoms with Gasteiger partial charge in [0.15, 0.2) is 0 Å². The van der Waals surface area contributed by atoms with E-state index in [1.54, 1.807) is 25.1 Å². The Morgan fingerprint density at radius 1 is 1.21 bits per heavy atom.